The molecule has 24 unspecified atom stereocenters. The molecule has 1 heterocycles. The Bertz CT molecular complexity index is 1830. The summed E-state index contributed by atoms with van der Waals surface area (Å²) in [7, 11) is 1.42. The summed E-state index contributed by atoms with van der Waals surface area (Å²) in [4.78, 5) is 48.0. The number of carboxylic acid groups (broad SMARTS) is 1. The number of aliphatic carboxylic acids is 1. The minimum Gasteiger partial charge on any atom is -0.481 e. The molecule has 0 aromatic heterocycles. The van der Waals surface area contributed by atoms with Crippen LogP contribution in [0.15, 0.2) is 0 Å². The quantitative estimate of drug-likeness (QED) is 0.144. The standard InChI is InChI=1S/C28H42O4.C24H34O3.C2H4O2.4CH4/c1-6-28(4,13-27(2,3)25(29)31-5)26(30)32-20-11-16-10-17(20)24-19-12-18(23(16)24)21-14-7-8-15(9-14)22(19)21;1-24(23(25)27-18-4-2-3-7-26-18)11-14-9-17(24)22-16-10-15(21(14)22)19-12-5-6-13(8-12)20(16)19;1-2(3)4;;;;/h14-24H,6-13H2,1-5H3;12-22H,2-11H2,1H3;1H3,(H,3,4);4*1H4. The molecule has 12 aliphatic carbocycles. The minimum atomic E-state index is -0.833. The van der Waals surface area contributed by atoms with Gasteiger partial charge < -0.3 is 24.1 Å². The second-order valence-electron chi connectivity index (χ2n) is 25.7. The van der Waals surface area contributed by atoms with E-state index < -0.39 is 16.8 Å². The maximum Gasteiger partial charge on any atom is 0.314 e. The summed E-state index contributed by atoms with van der Waals surface area (Å²) >= 11 is 0. The van der Waals surface area contributed by atoms with Crippen LogP contribution in [0, 0.1) is 135 Å². The summed E-state index contributed by atoms with van der Waals surface area (Å²) in [5, 5.41) is 7.42. The molecule has 12 saturated carbocycles. The summed E-state index contributed by atoms with van der Waals surface area (Å²) in [5.41, 5.74) is -1.58. The molecule has 13 aliphatic rings. The topological polar surface area (TPSA) is 125 Å². The Morgan fingerprint density at radius 2 is 1.12 bits per heavy atom. The number of carbonyl (C=O) groups is 4. The molecule has 9 heteroatoms. The van der Waals surface area contributed by atoms with Gasteiger partial charge in [0.15, 0.2) is 0 Å². The summed E-state index contributed by atoms with van der Waals surface area (Å²) in [6.07, 6.45) is 21.0. The lowest BCUT2D eigenvalue weighted by molar-refractivity contribution is -0.202. The molecular formula is C58H96O9. The van der Waals surface area contributed by atoms with Crippen LogP contribution < -0.4 is 0 Å². The van der Waals surface area contributed by atoms with Crippen molar-refractivity contribution in [3.63, 3.8) is 0 Å². The van der Waals surface area contributed by atoms with E-state index in [1.54, 1.807) is 6.42 Å². The van der Waals surface area contributed by atoms with Crippen LogP contribution in [-0.2, 0) is 38.1 Å². The molecule has 67 heavy (non-hydrogen) atoms. The zero-order valence-corrected chi connectivity index (χ0v) is 39.6. The average Bonchev–Trinajstić information content (AvgIpc) is 4.10. The van der Waals surface area contributed by atoms with Gasteiger partial charge in [0, 0.05) is 13.3 Å². The first-order chi connectivity index (χ1) is 30.1. The van der Waals surface area contributed by atoms with Crippen molar-refractivity contribution in [3.05, 3.63) is 0 Å². The number of carbonyl (C=O) groups excluding carboxylic acids is 3. The Morgan fingerprint density at radius 3 is 1.63 bits per heavy atom. The van der Waals surface area contributed by atoms with Gasteiger partial charge in [-0.25, -0.2) is 0 Å². The lowest BCUT2D eigenvalue weighted by Crippen LogP contribution is -2.48. The second-order valence-corrected chi connectivity index (χ2v) is 25.7. The van der Waals surface area contributed by atoms with E-state index >= 15 is 0 Å². The fourth-order valence-electron chi connectivity index (χ4n) is 21.3. The van der Waals surface area contributed by atoms with Crippen LogP contribution in [0.3, 0.4) is 0 Å². The van der Waals surface area contributed by atoms with E-state index in [1.165, 1.54) is 64.9 Å². The van der Waals surface area contributed by atoms with E-state index in [0.717, 1.165) is 152 Å². The molecule has 1 N–H and O–H groups in total. The van der Waals surface area contributed by atoms with Crippen molar-refractivity contribution in [1.82, 2.24) is 0 Å². The molecule has 0 radical (unpaired) electrons. The number of carboxylic acids is 1. The van der Waals surface area contributed by atoms with Crippen molar-refractivity contribution in [1.29, 1.82) is 0 Å². The van der Waals surface area contributed by atoms with Crippen LogP contribution >= 0.6 is 0 Å². The highest BCUT2D eigenvalue weighted by Gasteiger charge is 2.75. The molecule has 9 nitrogen and oxygen atoms in total. The number of fused-ring (bicyclic) bond motifs is 32. The SMILES string of the molecule is C.C.C.C.CC(=O)O.CC1(C(=O)OC2CCCCO2)CC2CC1C1C3CC(C4C5CCC(C5)C34)C21.CCC(C)(CC(C)(C)C(=O)OC)C(=O)OC1CC2CC1C1C3CC(C4C5CCC(C5)C34)C21. The number of hydrogen-bond acceptors (Lipinski definition) is 8. The summed E-state index contributed by atoms with van der Waals surface area (Å²) in [5.74, 6) is 17.6. The van der Waals surface area contributed by atoms with Crippen molar-refractivity contribution in [2.45, 2.75) is 193 Å². The van der Waals surface area contributed by atoms with Gasteiger partial charge in [-0.05, 0) is 249 Å². The minimum absolute atomic E-state index is 0. The number of rotatable bonds is 8. The van der Waals surface area contributed by atoms with Crippen LogP contribution in [0.4, 0.5) is 0 Å². The smallest absolute Gasteiger partial charge is 0.314 e. The Hall–Kier alpha value is -2.16. The summed E-state index contributed by atoms with van der Waals surface area (Å²) in [6, 6.07) is 0. The van der Waals surface area contributed by atoms with Gasteiger partial charge in [-0.2, -0.15) is 0 Å². The molecular weight excluding hydrogens is 841 g/mol. The fraction of sp³-hybridized carbons (Fsp3) is 0.931. The first-order valence-electron chi connectivity index (χ1n) is 26.4. The maximum absolute atomic E-state index is 13.5. The molecule has 13 fully saturated rings. The zero-order chi connectivity index (χ0) is 44.1. The Kier molecular flexibility index (Phi) is 14.8. The Morgan fingerprint density at radius 1 is 0.612 bits per heavy atom. The van der Waals surface area contributed by atoms with Crippen molar-refractivity contribution >= 4 is 23.9 Å². The summed E-state index contributed by atoms with van der Waals surface area (Å²) in [6.45, 7) is 11.9. The second kappa shape index (κ2) is 18.8. The lowest BCUT2D eigenvalue weighted by atomic mass is 9.55. The van der Waals surface area contributed by atoms with Gasteiger partial charge >= 0.3 is 17.9 Å². The van der Waals surface area contributed by atoms with Crippen LogP contribution in [0.5, 0.6) is 0 Å². The van der Waals surface area contributed by atoms with E-state index in [-0.39, 0.29) is 65.4 Å². The van der Waals surface area contributed by atoms with E-state index in [2.05, 4.69) is 6.92 Å². The van der Waals surface area contributed by atoms with Gasteiger partial charge in [0.25, 0.3) is 5.97 Å². The number of esters is 3. The van der Waals surface area contributed by atoms with Crippen molar-refractivity contribution in [3.8, 4) is 0 Å². The predicted octanol–water partition coefficient (Wildman–Crippen LogP) is 12.8. The van der Waals surface area contributed by atoms with Gasteiger partial charge in [-0.15, -0.1) is 0 Å². The zero-order valence-electron chi connectivity index (χ0n) is 39.6. The van der Waals surface area contributed by atoms with Crippen molar-refractivity contribution in [2.24, 2.45) is 135 Å². The van der Waals surface area contributed by atoms with Gasteiger partial charge in [0.05, 0.1) is 30.0 Å². The largest absolute Gasteiger partial charge is 0.481 e. The number of ether oxygens (including phenoxy) is 4. The van der Waals surface area contributed by atoms with E-state index in [9.17, 15) is 14.4 Å². The molecule has 0 spiro atoms. The fourth-order valence-corrected chi connectivity index (χ4v) is 21.3. The highest BCUT2D eigenvalue weighted by atomic mass is 16.7. The Balaban J connectivity index is 0.000000176. The Labute approximate surface area is 406 Å². The lowest BCUT2D eigenvalue weighted by Gasteiger charge is -2.49. The highest BCUT2D eigenvalue weighted by molar-refractivity contribution is 5.80. The van der Waals surface area contributed by atoms with Crippen LogP contribution in [0.1, 0.15) is 180 Å². The van der Waals surface area contributed by atoms with E-state index in [1.807, 2.05) is 27.7 Å². The van der Waals surface area contributed by atoms with Crippen molar-refractivity contribution in [2.75, 3.05) is 13.7 Å². The van der Waals surface area contributed by atoms with Crippen LogP contribution in [-0.4, -0.2) is 55.1 Å². The molecule has 1 saturated heterocycles. The molecule has 382 valence electrons. The van der Waals surface area contributed by atoms with E-state index in [0.29, 0.717) is 24.7 Å². The monoisotopic (exact) mass is 937 g/mol. The van der Waals surface area contributed by atoms with Crippen LogP contribution in [0.2, 0.25) is 0 Å². The third-order valence-corrected chi connectivity index (χ3v) is 22.7. The first-order valence-corrected chi connectivity index (χ1v) is 26.4. The third-order valence-electron chi connectivity index (χ3n) is 22.7. The number of methoxy groups -OCH3 is 1. The van der Waals surface area contributed by atoms with Gasteiger partial charge in [-0.1, -0.05) is 36.6 Å². The highest BCUT2D eigenvalue weighted by Crippen LogP contribution is 2.79. The molecule has 13 rings (SSSR count). The summed E-state index contributed by atoms with van der Waals surface area (Å²) < 4.78 is 23.0. The molecule has 0 aromatic carbocycles. The third kappa shape index (κ3) is 7.90. The van der Waals surface area contributed by atoms with E-state index in [4.69, 9.17) is 28.8 Å². The normalized spacial score (nSPS) is 48.8. The van der Waals surface area contributed by atoms with Gasteiger partial charge in [-0.3, -0.25) is 19.2 Å². The average molecular weight is 937 g/mol. The number of hydrogen-bond donors (Lipinski definition) is 1. The first kappa shape index (κ1) is 52.7. The molecule has 0 amide bonds. The predicted molar refractivity (Wildman–Crippen MR) is 262 cm³/mol. The molecule has 1 aliphatic heterocycles. The molecule has 12 bridgehead atoms. The molecule has 0 aromatic rings. The van der Waals surface area contributed by atoms with Crippen LogP contribution in [0.25, 0.3) is 0 Å². The molecule has 24 atom stereocenters. The van der Waals surface area contributed by atoms with Crippen molar-refractivity contribution < 1.29 is 43.2 Å². The van der Waals surface area contributed by atoms with Gasteiger partial charge in [0.2, 0.25) is 6.29 Å². The van der Waals surface area contributed by atoms with Gasteiger partial charge in [0.1, 0.15) is 6.10 Å². The maximum atomic E-state index is 13.5.